The lowest BCUT2D eigenvalue weighted by Crippen LogP contribution is -2.44. The number of esters is 1. The molecule has 0 aromatic heterocycles. The summed E-state index contributed by atoms with van der Waals surface area (Å²) in [4.78, 5) is 13.0. The molecule has 1 aromatic rings. The molecule has 136 valence electrons. The predicted octanol–water partition coefficient (Wildman–Crippen LogP) is 5.43. The molecule has 0 spiro atoms. The molecule has 0 aliphatic carbocycles. The van der Waals surface area contributed by atoms with E-state index in [4.69, 9.17) is 9.16 Å². The van der Waals surface area contributed by atoms with Crippen molar-refractivity contribution in [1.29, 1.82) is 0 Å². The summed E-state index contributed by atoms with van der Waals surface area (Å²) in [6.07, 6.45) is 1.11. The summed E-state index contributed by atoms with van der Waals surface area (Å²) in [5.41, 5.74) is 1.27. The number of hydrogen-bond donors (Lipinski definition) is 0. The largest absolute Gasteiger partial charge is 0.469 e. The summed E-state index contributed by atoms with van der Waals surface area (Å²) in [5.74, 6) is 0.735. The highest BCUT2D eigenvalue weighted by atomic mass is 32.2. The van der Waals surface area contributed by atoms with E-state index in [9.17, 15) is 4.79 Å². The van der Waals surface area contributed by atoms with Gasteiger partial charge in [0.2, 0.25) is 0 Å². The first-order valence-corrected chi connectivity index (χ1v) is 12.4. The standard InChI is InChI=1S/C19H32O3SSi/c1-15-8-10-17(11-9-15)23-13-12-16(14-18(20)21-5)22-24(6,7)19(2,3)4/h8-11,16H,12-14H2,1-7H3. The van der Waals surface area contributed by atoms with E-state index in [0.29, 0.717) is 6.42 Å². The number of ether oxygens (including phenoxy) is 1. The first-order valence-electron chi connectivity index (χ1n) is 8.49. The van der Waals surface area contributed by atoms with Crippen molar-refractivity contribution < 1.29 is 14.0 Å². The normalized spacial score (nSPS) is 13.6. The van der Waals surface area contributed by atoms with E-state index < -0.39 is 8.32 Å². The maximum absolute atomic E-state index is 11.7. The number of methoxy groups -OCH3 is 1. The zero-order valence-electron chi connectivity index (χ0n) is 16.1. The van der Waals surface area contributed by atoms with Crippen molar-refractivity contribution in [3.63, 3.8) is 0 Å². The summed E-state index contributed by atoms with van der Waals surface area (Å²) >= 11 is 1.81. The quantitative estimate of drug-likeness (QED) is 0.348. The van der Waals surface area contributed by atoms with Gasteiger partial charge in [-0.05, 0) is 43.6 Å². The van der Waals surface area contributed by atoms with Gasteiger partial charge >= 0.3 is 5.97 Å². The van der Waals surface area contributed by atoms with Crippen LogP contribution in [0.1, 0.15) is 39.2 Å². The number of rotatable bonds is 8. The average Bonchev–Trinajstić information content (AvgIpc) is 2.47. The molecule has 3 nitrogen and oxygen atoms in total. The van der Waals surface area contributed by atoms with Gasteiger partial charge in [-0.25, -0.2) is 0 Å². The Morgan fingerprint density at radius 3 is 2.29 bits per heavy atom. The SMILES string of the molecule is COC(=O)CC(CCSc1ccc(C)cc1)O[Si](C)(C)C(C)(C)C. The maximum atomic E-state index is 11.7. The number of carbonyl (C=O) groups excluding carboxylic acids is 1. The van der Waals surface area contributed by atoms with Crippen LogP contribution in [0.4, 0.5) is 0 Å². The monoisotopic (exact) mass is 368 g/mol. The molecule has 0 N–H and O–H groups in total. The molecule has 5 heteroatoms. The maximum Gasteiger partial charge on any atom is 0.308 e. The first-order chi connectivity index (χ1) is 11.0. The topological polar surface area (TPSA) is 35.5 Å². The molecule has 0 fully saturated rings. The fraction of sp³-hybridized carbons (Fsp3) is 0.632. The highest BCUT2D eigenvalue weighted by molar-refractivity contribution is 7.99. The third kappa shape index (κ3) is 6.99. The third-order valence-corrected chi connectivity index (χ3v) is 10.2. The molecule has 24 heavy (non-hydrogen) atoms. The highest BCUT2D eigenvalue weighted by Crippen LogP contribution is 2.38. The van der Waals surface area contributed by atoms with Crippen LogP contribution >= 0.6 is 11.8 Å². The number of thioether (sulfide) groups is 1. The Bertz CT molecular complexity index is 520. The lowest BCUT2D eigenvalue weighted by molar-refractivity contribution is -0.142. The minimum absolute atomic E-state index is 0.0729. The van der Waals surface area contributed by atoms with Gasteiger partial charge in [0.1, 0.15) is 0 Å². The summed E-state index contributed by atoms with van der Waals surface area (Å²) in [6, 6.07) is 8.54. The van der Waals surface area contributed by atoms with Gasteiger partial charge in [0, 0.05) is 10.6 Å². The van der Waals surface area contributed by atoms with Crippen molar-refractivity contribution >= 4 is 26.0 Å². The van der Waals surface area contributed by atoms with Gasteiger partial charge in [-0.1, -0.05) is 38.5 Å². The summed E-state index contributed by atoms with van der Waals surface area (Å²) in [7, 11) is -0.464. The molecule has 0 amide bonds. The molecule has 0 radical (unpaired) electrons. The second kappa shape index (κ2) is 9.06. The van der Waals surface area contributed by atoms with Crippen molar-refractivity contribution in [3.05, 3.63) is 29.8 Å². The van der Waals surface area contributed by atoms with Crippen LogP contribution in [0, 0.1) is 6.92 Å². The molecular weight excluding hydrogens is 336 g/mol. The van der Waals surface area contributed by atoms with Crippen LogP contribution in [0.5, 0.6) is 0 Å². The predicted molar refractivity (Wildman–Crippen MR) is 105 cm³/mol. The van der Waals surface area contributed by atoms with Crippen LogP contribution in [-0.4, -0.2) is 33.3 Å². The number of benzene rings is 1. The Morgan fingerprint density at radius 2 is 1.79 bits per heavy atom. The van der Waals surface area contributed by atoms with Crippen molar-refractivity contribution in [3.8, 4) is 0 Å². The van der Waals surface area contributed by atoms with Gasteiger partial charge in [-0.15, -0.1) is 11.8 Å². The highest BCUT2D eigenvalue weighted by Gasteiger charge is 2.39. The molecular formula is C19H32O3SSi. The molecule has 1 unspecified atom stereocenters. The van der Waals surface area contributed by atoms with Crippen LogP contribution in [0.3, 0.4) is 0 Å². The lowest BCUT2D eigenvalue weighted by Gasteiger charge is -2.39. The Morgan fingerprint density at radius 1 is 1.21 bits per heavy atom. The van der Waals surface area contributed by atoms with Gasteiger partial charge in [0.05, 0.1) is 19.6 Å². The van der Waals surface area contributed by atoms with Crippen LogP contribution in [-0.2, 0) is 14.0 Å². The van der Waals surface area contributed by atoms with Gasteiger partial charge in [0.25, 0.3) is 0 Å². The van der Waals surface area contributed by atoms with E-state index in [1.165, 1.54) is 17.6 Å². The zero-order chi connectivity index (χ0) is 18.4. The number of hydrogen-bond acceptors (Lipinski definition) is 4. The Kier molecular flexibility index (Phi) is 8.03. The van der Waals surface area contributed by atoms with Gasteiger partial charge in [-0.3, -0.25) is 4.79 Å². The average molecular weight is 369 g/mol. The van der Waals surface area contributed by atoms with Crippen LogP contribution in [0.2, 0.25) is 18.1 Å². The van der Waals surface area contributed by atoms with Crippen molar-refractivity contribution in [2.75, 3.05) is 12.9 Å². The Hall–Kier alpha value is -0.783. The van der Waals surface area contributed by atoms with Crippen molar-refractivity contribution in [1.82, 2.24) is 0 Å². The van der Waals surface area contributed by atoms with Crippen LogP contribution in [0.15, 0.2) is 29.2 Å². The molecule has 0 aliphatic heterocycles. The summed E-state index contributed by atoms with van der Waals surface area (Å²) < 4.78 is 11.3. The molecule has 0 bridgehead atoms. The Labute approximate surface area is 152 Å². The van der Waals surface area contributed by atoms with Gasteiger partial charge in [-0.2, -0.15) is 0 Å². The molecule has 0 aliphatic rings. The summed E-state index contributed by atoms with van der Waals surface area (Å²) in [6.45, 7) is 13.2. The molecule has 1 rings (SSSR count). The van der Waals surface area contributed by atoms with E-state index in [-0.39, 0.29) is 17.1 Å². The van der Waals surface area contributed by atoms with Crippen LogP contribution < -0.4 is 0 Å². The number of carbonyl (C=O) groups is 1. The molecule has 1 atom stereocenters. The fourth-order valence-electron chi connectivity index (χ4n) is 2.01. The minimum atomic E-state index is -1.90. The first kappa shape index (κ1) is 21.3. The second-order valence-corrected chi connectivity index (χ2v) is 13.7. The van der Waals surface area contributed by atoms with E-state index in [1.54, 1.807) is 0 Å². The van der Waals surface area contributed by atoms with E-state index in [1.807, 2.05) is 11.8 Å². The van der Waals surface area contributed by atoms with Gasteiger partial charge < -0.3 is 9.16 Å². The van der Waals surface area contributed by atoms with Crippen molar-refractivity contribution in [2.24, 2.45) is 0 Å². The second-order valence-electron chi connectivity index (χ2n) is 7.73. The molecule has 0 saturated carbocycles. The van der Waals surface area contributed by atoms with Crippen molar-refractivity contribution in [2.45, 2.75) is 69.7 Å². The van der Waals surface area contributed by atoms with Crippen LogP contribution in [0.25, 0.3) is 0 Å². The third-order valence-electron chi connectivity index (χ3n) is 4.62. The van der Waals surface area contributed by atoms with E-state index in [2.05, 4.69) is 65.1 Å². The smallest absolute Gasteiger partial charge is 0.308 e. The molecule has 1 aromatic carbocycles. The van der Waals surface area contributed by atoms with E-state index in [0.717, 1.165) is 12.2 Å². The van der Waals surface area contributed by atoms with E-state index >= 15 is 0 Å². The summed E-state index contributed by atoms with van der Waals surface area (Å²) in [5, 5.41) is 0.130. The minimum Gasteiger partial charge on any atom is -0.469 e. The fourth-order valence-corrected chi connectivity index (χ4v) is 4.34. The molecule has 0 saturated heterocycles. The lowest BCUT2D eigenvalue weighted by atomic mass is 10.2. The number of aryl methyl sites for hydroxylation is 1. The molecule has 0 heterocycles. The zero-order valence-corrected chi connectivity index (χ0v) is 18.0. The Balaban J connectivity index is 2.65. The van der Waals surface area contributed by atoms with Gasteiger partial charge in [0.15, 0.2) is 8.32 Å².